The first kappa shape index (κ1) is 13.4. The highest BCUT2D eigenvalue weighted by atomic mass is 19.1. The van der Waals surface area contributed by atoms with Crippen molar-refractivity contribution < 1.29 is 13.9 Å². The highest BCUT2D eigenvalue weighted by Crippen LogP contribution is 2.19. The minimum Gasteiger partial charge on any atom is -0.379 e. The second-order valence-electron chi connectivity index (χ2n) is 3.94. The summed E-state index contributed by atoms with van der Waals surface area (Å²) in [7, 11) is 0. The minimum absolute atomic E-state index is 0.0904. The van der Waals surface area contributed by atoms with Crippen molar-refractivity contribution in [3.05, 3.63) is 30.1 Å². The SMILES string of the molecule is CCOCC(C)(Nc1ccccc1F)C(N)=O. The lowest BCUT2D eigenvalue weighted by molar-refractivity contribution is -0.123. The van der Waals surface area contributed by atoms with Gasteiger partial charge in [0.2, 0.25) is 5.91 Å². The smallest absolute Gasteiger partial charge is 0.245 e. The third-order valence-corrected chi connectivity index (χ3v) is 2.42. The molecule has 0 spiro atoms. The molecule has 94 valence electrons. The van der Waals surface area contributed by atoms with Gasteiger partial charge in [0.15, 0.2) is 0 Å². The lowest BCUT2D eigenvalue weighted by atomic mass is 10.0. The average Bonchev–Trinajstić information content (AvgIpc) is 2.29. The summed E-state index contributed by atoms with van der Waals surface area (Å²) in [6.45, 7) is 3.94. The summed E-state index contributed by atoms with van der Waals surface area (Å²) in [6.07, 6.45) is 0. The molecule has 1 unspecified atom stereocenters. The van der Waals surface area contributed by atoms with E-state index in [1.807, 2.05) is 6.92 Å². The van der Waals surface area contributed by atoms with Gasteiger partial charge in [-0.25, -0.2) is 4.39 Å². The summed E-state index contributed by atoms with van der Waals surface area (Å²) < 4.78 is 18.6. The molecule has 17 heavy (non-hydrogen) atoms. The molecular formula is C12H17FN2O2. The number of carbonyl (C=O) groups excluding carboxylic acids is 1. The van der Waals surface area contributed by atoms with Gasteiger partial charge in [0.1, 0.15) is 11.4 Å². The van der Waals surface area contributed by atoms with Crippen LogP contribution in [-0.2, 0) is 9.53 Å². The molecule has 1 aromatic carbocycles. The van der Waals surface area contributed by atoms with Gasteiger partial charge in [0, 0.05) is 6.61 Å². The zero-order valence-corrected chi connectivity index (χ0v) is 10.00. The first-order chi connectivity index (χ1) is 7.99. The molecule has 4 nitrogen and oxygen atoms in total. The van der Waals surface area contributed by atoms with Gasteiger partial charge >= 0.3 is 0 Å². The molecule has 0 aliphatic carbocycles. The van der Waals surface area contributed by atoms with Crippen LogP contribution in [0.15, 0.2) is 24.3 Å². The van der Waals surface area contributed by atoms with E-state index in [-0.39, 0.29) is 12.3 Å². The second kappa shape index (κ2) is 5.63. The van der Waals surface area contributed by atoms with Crippen molar-refractivity contribution in [3.63, 3.8) is 0 Å². The van der Waals surface area contributed by atoms with Crippen molar-refractivity contribution >= 4 is 11.6 Å². The molecule has 1 aromatic rings. The number of amides is 1. The van der Waals surface area contributed by atoms with E-state index < -0.39 is 17.3 Å². The number of nitrogens with one attached hydrogen (secondary N) is 1. The van der Waals surface area contributed by atoms with Crippen LogP contribution in [0, 0.1) is 5.82 Å². The average molecular weight is 240 g/mol. The number of para-hydroxylation sites is 1. The van der Waals surface area contributed by atoms with E-state index in [1.54, 1.807) is 25.1 Å². The van der Waals surface area contributed by atoms with E-state index in [0.717, 1.165) is 0 Å². The molecule has 1 amide bonds. The molecule has 0 aliphatic heterocycles. The van der Waals surface area contributed by atoms with E-state index in [9.17, 15) is 9.18 Å². The molecule has 1 atom stereocenters. The maximum absolute atomic E-state index is 13.5. The van der Waals surface area contributed by atoms with Crippen molar-refractivity contribution in [1.82, 2.24) is 0 Å². The number of hydrogen-bond acceptors (Lipinski definition) is 3. The summed E-state index contributed by atoms with van der Waals surface area (Å²) in [5.41, 5.74) is 4.41. The Morgan fingerprint density at radius 3 is 2.71 bits per heavy atom. The van der Waals surface area contributed by atoms with Crippen molar-refractivity contribution in [2.75, 3.05) is 18.5 Å². The maximum atomic E-state index is 13.5. The first-order valence-electron chi connectivity index (χ1n) is 5.40. The minimum atomic E-state index is -1.13. The van der Waals surface area contributed by atoms with Gasteiger partial charge in [-0.3, -0.25) is 4.79 Å². The van der Waals surface area contributed by atoms with E-state index in [1.165, 1.54) is 6.07 Å². The lowest BCUT2D eigenvalue weighted by Gasteiger charge is -2.28. The van der Waals surface area contributed by atoms with Gasteiger partial charge in [-0.2, -0.15) is 0 Å². The number of benzene rings is 1. The Morgan fingerprint density at radius 1 is 1.53 bits per heavy atom. The van der Waals surface area contributed by atoms with Crippen LogP contribution in [-0.4, -0.2) is 24.7 Å². The maximum Gasteiger partial charge on any atom is 0.245 e. The molecule has 0 saturated heterocycles. The summed E-state index contributed by atoms with van der Waals surface area (Å²) in [4.78, 5) is 11.4. The molecule has 0 saturated carbocycles. The van der Waals surface area contributed by atoms with Gasteiger partial charge in [-0.15, -0.1) is 0 Å². The molecule has 0 bridgehead atoms. The first-order valence-corrected chi connectivity index (χ1v) is 5.40. The number of halogens is 1. The fraction of sp³-hybridized carbons (Fsp3) is 0.417. The van der Waals surface area contributed by atoms with Gasteiger partial charge < -0.3 is 15.8 Å². The summed E-state index contributed by atoms with van der Waals surface area (Å²) in [5.74, 6) is -1.02. The number of primary amides is 1. The van der Waals surface area contributed by atoms with Crippen LogP contribution in [0.3, 0.4) is 0 Å². The van der Waals surface area contributed by atoms with Crippen LogP contribution >= 0.6 is 0 Å². The van der Waals surface area contributed by atoms with Crippen LogP contribution < -0.4 is 11.1 Å². The summed E-state index contributed by atoms with van der Waals surface area (Å²) in [6, 6.07) is 6.10. The zero-order chi connectivity index (χ0) is 12.9. The lowest BCUT2D eigenvalue weighted by Crippen LogP contribution is -2.51. The van der Waals surface area contributed by atoms with E-state index in [2.05, 4.69) is 5.32 Å². The quantitative estimate of drug-likeness (QED) is 0.792. The molecule has 0 radical (unpaired) electrons. The molecule has 3 N–H and O–H groups in total. The van der Waals surface area contributed by atoms with Gasteiger partial charge in [-0.05, 0) is 26.0 Å². The Bertz CT molecular complexity index is 398. The Hall–Kier alpha value is -1.62. The molecule has 0 aliphatic rings. The number of hydrogen-bond donors (Lipinski definition) is 2. The number of rotatable bonds is 6. The van der Waals surface area contributed by atoms with Crippen LogP contribution in [0.5, 0.6) is 0 Å². The third kappa shape index (κ3) is 3.42. The van der Waals surface area contributed by atoms with Crippen molar-refractivity contribution in [1.29, 1.82) is 0 Å². The van der Waals surface area contributed by atoms with Crippen LogP contribution in [0.2, 0.25) is 0 Å². The fourth-order valence-corrected chi connectivity index (χ4v) is 1.33. The predicted octanol–water partition coefficient (Wildman–Crippen LogP) is 1.52. The Kier molecular flexibility index (Phi) is 4.45. The third-order valence-electron chi connectivity index (χ3n) is 2.42. The number of carbonyl (C=O) groups is 1. The van der Waals surface area contributed by atoms with Gasteiger partial charge in [-0.1, -0.05) is 12.1 Å². The van der Waals surface area contributed by atoms with Crippen LogP contribution in [0.25, 0.3) is 0 Å². The fourth-order valence-electron chi connectivity index (χ4n) is 1.33. The largest absolute Gasteiger partial charge is 0.379 e. The number of ether oxygens (including phenoxy) is 1. The molecule has 0 heterocycles. The second-order valence-corrected chi connectivity index (χ2v) is 3.94. The van der Waals surface area contributed by atoms with Crippen LogP contribution in [0.4, 0.5) is 10.1 Å². The topological polar surface area (TPSA) is 64.3 Å². The number of anilines is 1. The highest BCUT2D eigenvalue weighted by Gasteiger charge is 2.31. The molecule has 5 heteroatoms. The molecular weight excluding hydrogens is 223 g/mol. The van der Waals surface area contributed by atoms with E-state index in [4.69, 9.17) is 10.5 Å². The zero-order valence-electron chi connectivity index (χ0n) is 10.00. The van der Waals surface area contributed by atoms with E-state index >= 15 is 0 Å². The van der Waals surface area contributed by atoms with Crippen LogP contribution in [0.1, 0.15) is 13.8 Å². The Morgan fingerprint density at radius 2 is 2.18 bits per heavy atom. The normalized spacial score (nSPS) is 14.1. The monoisotopic (exact) mass is 240 g/mol. The number of nitrogens with two attached hydrogens (primary N) is 1. The Labute approximate surface area is 100.0 Å². The van der Waals surface area contributed by atoms with Gasteiger partial charge in [0.25, 0.3) is 0 Å². The highest BCUT2D eigenvalue weighted by molar-refractivity contribution is 5.87. The van der Waals surface area contributed by atoms with Crippen molar-refractivity contribution in [2.45, 2.75) is 19.4 Å². The molecule has 0 aromatic heterocycles. The summed E-state index contributed by atoms with van der Waals surface area (Å²) >= 11 is 0. The predicted molar refractivity (Wildman–Crippen MR) is 64.1 cm³/mol. The standard InChI is InChI=1S/C12H17FN2O2/c1-3-17-8-12(2,11(14)16)15-10-7-5-4-6-9(10)13/h4-7,15H,3,8H2,1-2H3,(H2,14,16). The summed E-state index contributed by atoms with van der Waals surface area (Å²) in [5, 5.41) is 2.78. The molecule has 1 rings (SSSR count). The van der Waals surface area contributed by atoms with Gasteiger partial charge in [0.05, 0.1) is 12.3 Å². The molecule has 0 fully saturated rings. The van der Waals surface area contributed by atoms with Crippen molar-refractivity contribution in [2.24, 2.45) is 5.73 Å². The van der Waals surface area contributed by atoms with E-state index in [0.29, 0.717) is 6.61 Å². The Balaban J connectivity index is 2.87. The van der Waals surface area contributed by atoms with Crippen molar-refractivity contribution in [3.8, 4) is 0 Å².